The first-order chi connectivity index (χ1) is 21.6. The van der Waals surface area contributed by atoms with Crippen molar-refractivity contribution in [3.63, 3.8) is 0 Å². The fourth-order valence-corrected chi connectivity index (χ4v) is 6.68. The lowest BCUT2D eigenvalue weighted by Crippen LogP contribution is -2.59. The summed E-state index contributed by atoms with van der Waals surface area (Å²) in [4.78, 5) is 46.4. The van der Waals surface area contributed by atoms with Crippen molar-refractivity contribution in [2.24, 2.45) is 0 Å². The van der Waals surface area contributed by atoms with Gasteiger partial charge in [-0.2, -0.15) is 0 Å². The van der Waals surface area contributed by atoms with E-state index in [9.17, 15) is 19.5 Å². The number of aryl methyl sites for hydroxylation is 1. The summed E-state index contributed by atoms with van der Waals surface area (Å²) in [5.41, 5.74) is 3.61. The molecule has 1 fully saturated rings. The monoisotopic (exact) mass is 626 g/mol. The second kappa shape index (κ2) is 14.1. The van der Waals surface area contributed by atoms with Crippen LogP contribution in [0.4, 0.5) is 0 Å². The number of nitrogens with zero attached hydrogens (tertiary/aromatic N) is 2. The smallest absolute Gasteiger partial charge is 0.258 e. The number of rotatable bonds is 11. The van der Waals surface area contributed by atoms with Crippen LogP contribution in [0.25, 0.3) is 10.9 Å². The van der Waals surface area contributed by atoms with Gasteiger partial charge in [0, 0.05) is 22.9 Å². The summed E-state index contributed by atoms with van der Waals surface area (Å²) in [6.07, 6.45) is 0.285. The highest BCUT2D eigenvalue weighted by atomic mass is 32.2. The van der Waals surface area contributed by atoms with Gasteiger partial charge in [0.05, 0.1) is 17.4 Å². The lowest BCUT2D eigenvalue weighted by atomic mass is 9.97. The van der Waals surface area contributed by atoms with E-state index in [1.54, 1.807) is 24.4 Å². The molecular weight excluding hydrogens is 588 g/mol. The standard InChI is InChI=1S/C35H38N4O5S/c1-23-11-7-8-14-25(23)20-37-33(42)32-35(2,3)45-22-39(32)34(43)31(41)28(19-24-12-5-4-6-13-24)38-30(40)21-44-29-17-9-16-27-26(29)15-10-18-36-27/h4-18,28,31-32,41H,19-22H2,1-3H3,(H,37,42)(H,38,40). The molecule has 0 spiro atoms. The van der Waals surface area contributed by atoms with E-state index in [0.717, 1.165) is 27.6 Å². The predicted molar refractivity (Wildman–Crippen MR) is 176 cm³/mol. The molecule has 3 N–H and O–H groups in total. The van der Waals surface area contributed by atoms with E-state index >= 15 is 0 Å². The molecule has 9 nitrogen and oxygen atoms in total. The number of nitrogens with one attached hydrogen (secondary N) is 2. The maximum Gasteiger partial charge on any atom is 0.258 e. The summed E-state index contributed by atoms with van der Waals surface area (Å²) in [5.74, 6) is -0.674. The van der Waals surface area contributed by atoms with E-state index in [2.05, 4.69) is 15.6 Å². The number of aliphatic hydroxyl groups is 1. The van der Waals surface area contributed by atoms with Gasteiger partial charge in [-0.25, -0.2) is 0 Å². The molecule has 10 heteroatoms. The largest absolute Gasteiger partial charge is 0.483 e. The zero-order chi connectivity index (χ0) is 32.0. The Morgan fingerprint density at radius 2 is 1.78 bits per heavy atom. The second-order valence-corrected chi connectivity index (χ2v) is 13.3. The molecular formula is C35H38N4O5S. The number of thioether (sulfide) groups is 1. The van der Waals surface area contributed by atoms with Gasteiger partial charge in [-0.05, 0) is 68.1 Å². The molecule has 3 atom stereocenters. The number of benzene rings is 3. The molecule has 3 unspecified atom stereocenters. The summed E-state index contributed by atoms with van der Waals surface area (Å²) in [7, 11) is 0. The van der Waals surface area contributed by atoms with Gasteiger partial charge in [-0.3, -0.25) is 19.4 Å². The molecule has 1 aromatic heterocycles. The zero-order valence-electron chi connectivity index (χ0n) is 25.6. The third-order valence-electron chi connectivity index (χ3n) is 8.03. The first kappa shape index (κ1) is 32.0. The Kier molecular flexibility index (Phi) is 10.0. The van der Waals surface area contributed by atoms with Gasteiger partial charge < -0.3 is 25.4 Å². The molecule has 0 saturated carbocycles. The van der Waals surface area contributed by atoms with E-state index in [1.165, 1.54) is 16.7 Å². The van der Waals surface area contributed by atoms with Crippen LogP contribution in [-0.4, -0.2) is 68.1 Å². The van der Waals surface area contributed by atoms with Crippen LogP contribution in [0.5, 0.6) is 5.75 Å². The topological polar surface area (TPSA) is 121 Å². The van der Waals surface area contributed by atoms with E-state index in [1.807, 2.05) is 87.5 Å². The maximum atomic E-state index is 13.9. The molecule has 0 bridgehead atoms. The van der Waals surface area contributed by atoms with Gasteiger partial charge in [-0.1, -0.05) is 60.7 Å². The summed E-state index contributed by atoms with van der Waals surface area (Å²) in [6, 6.07) is 24.4. The quantitative estimate of drug-likeness (QED) is 0.230. The number of aliphatic hydroxyl groups excluding tert-OH is 1. The Bertz CT molecular complexity index is 1660. The number of pyridine rings is 1. The van der Waals surface area contributed by atoms with Crippen molar-refractivity contribution in [3.8, 4) is 5.75 Å². The maximum absolute atomic E-state index is 13.9. The van der Waals surface area contributed by atoms with Crippen LogP contribution in [0.2, 0.25) is 0 Å². The summed E-state index contributed by atoms with van der Waals surface area (Å²) in [5, 5.41) is 18.1. The van der Waals surface area contributed by atoms with Gasteiger partial charge in [0.1, 0.15) is 11.8 Å². The summed E-state index contributed by atoms with van der Waals surface area (Å²) < 4.78 is 5.24. The van der Waals surface area contributed by atoms with Crippen LogP contribution in [0.3, 0.4) is 0 Å². The van der Waals surface area contributed by atoms with E-state index in [4.69, 9.17) is 4.74 Å². The highest BCUT2D eigenvalue weighted by Gasteiger charge is 2.49. The molecule has 3 amide bonds. The molecule has 45 heavy (non-hydrogen) atoms. The molecule has 0 radical (unpaired) electrons. The van der Waals surface area contributed by atoms with E-state index in [-0.39, 0.29) is 24.8 Å². The Labute approximate surface area is 267 Å². The SMILES string of the molecule is Cc1ccccc1CNC(=O)C1N(C(=O)C(O)C(Cc2ccccc2)NC(=O)COc2cccc3ncccc23)CSC1(C)C. The Balaban J connectivity index is 1.30. The molecule has 1 aliphatic heterocycles. The van der Waals surface area contributed by atoms with Crippen molar-refractivity contribution < 1.29 is 24.2 Å². The van der Waals surface area contributed by atoms with Gasteiger partial charge in [0.2, 0.25) is 5.91 Å². The van der Waals surface area contributed by atoms with Crippen LogP contribution >= 0.6 is 11.8 Å². The number of hydrogen-bond acceptors (Lipinski definition) is 7. The average molecular weight is 627 g/mol. The van der Waals surface area contributed by atoms with E-state index < -0.39 is 34.7 Å². The number of ether oxygens (including phenoxy) is 1. The molecule has 2 heterocycles. The predicted octanol–water partition coefficient (Wildman–Crippen LogP) is 4.01. The lowest BCUT2D eigenvalue weighted by molar-refractivity contribution is -0.148. The molecule has 4 aromatic rings. The molecule has 1 aliphatic rings. The zero-order valence-corrected chi connectivity index (χ0v) is 26.4. The van der Waals surface area contributed by atoms with Crippen molar-refractivity contribution in [2.75, 3.05) is 12.5 Å². The number of carbonyl (C=O) groups excluding carboxylic acids is 3. The van der Waals surface area contributed by atoms with Crippen molar-refractivity contribution in [2.45, 2.75) is 56.7 Å². The molecule has 5 rings (SSSR count). The highest BCUT2D eigenvalue weighted by molar-refractivity contribution is 8.00. The molecule has 234 valence electrons. The third kappa shape index (κ3) is 7.64. The van der Waals surface area contributed by atoms with Gasteiger partial charge in [0.25, 0.3) is 11.8 Å². The van der Waals surface area contributed by atoms with Crippen LogP contribution < -0.4 is 15.4 Å². The average Bonchev–Trinajstić information content (AvgIpc) is 3.37. The molecule has 3 aromatic carbocycles. The Morgan fingerprint density at radius 3 is 2.56 bits per heavy atom. The van der Waals surface area contributed by atoms with Gasteiger partial charge in [0.15, 0.2) is 12.7 Å². The van der Waals surface area contributed by atoms with Crippen molar-refractivity contribution in [1.82, 2.24) is 20.5 Å². The fourth-order valence-electron chi connectivity index (χ4n) is 5.54. The normalized spacial score (nSPS) is 17.0. The number of hydrogen-bond donors (Lipinski definition) is 3. The minimum Gasteiger partial charge on any atom is -0.483 e. The first-order valence-electron chi connectivity index (χ1n) is 14.9. The second-order valence-electron chi connectivity index (χ2n) is 11.7. The van der Waals surface area contributed by atoms with Crippen molar-refractivity contribution in [1.29, 1.82) is 0 Å². The summed E-state index contributed by atoms with van der Waals surface area (Å²) in [6.45, 7) is 5.81. The number of carbonyl (C=O) groups is 3. The van der Waals surface area contributed by atoms with Crippen LogP contribution in [0.15, 0.2) is 91.1 Å². The molecule has 1 saturated heterocycles. The van der Waals surface area contributed by atoms with Crippen LogP contribution in [0.1, 0.15) is 30.5 Å². The van der Waals surface area contributed by atoms with Gasteiger partial charge in [-0.15, -0.1) is 11.8 Å². The highest BCUT2D eigenvalue weighted by Crippen LogP contribution is 2.40. The number of fused-ring (bicyclic) bond motifs is 1. The minimum absolute atomic E-state index is 0.201. The summed E-state index contributed by atoms with van der Waals surface area (Å²) >= 11 is 1.47. The number of aromatic nitrogens is 1. The third-order valence-corrected chi connectivity index (χ3v) is 9.41. The fraction of sp³-hybridized carbons (Fsp3) is 0.314. The number of amides is 3. The minimum atomic E-state index is -1.60. The van der Waals surface area contributed by atoms with Crippen LogP contribution in [-0.2, 0) is 27.3 Å². The Morgan fingerprint density at radius 1 is 1.02 bits per heavy atom. The first-order valence-corrected chi connectivity index (χ1v) is 15.9. The van der Waals surface area contributed by atoms with Gasteiger partial charge >= 0.3 is 0 Å². The van der Waals surface area contributed by atoms with Crippen molar-refractivity contribution >= 4 is 40.4 Å². The lowest BCUT2D eigenvalue weighted by Gasteiger charge is -2.33. The van der Waals surface area contributed by atoms with Crippen molar-refractivity contribution in [3.05, 3.63) is 108 Å². The Hall–Kier alpha value is -4.41. The molecule has 0 aliphatic carbocycles. The van der Waals surface area contributed by atoms with Crippen LogP contribution in [0, 0.1) is 6.92 Å². The van der Waals surface area contributed by atoms with E-state index in [0.29, 0.717) is 12.3 Å².